The Kier molecular flexibility index (Phi) is 5.37. The molecule has 3 rings (SSSR count). The van der Waals surface area contributed by atoms with Gasteiger partial charge in [-0.05, 0) is 38.3 Å². The number of hydrogen-bond donors (Lipinski definition) is 1. The van der Waals surface area contributed by atoms with Crippen molar-refractivity contribution in [3.63, 3.8) is 0 Å². The number of amides is 1. The van der Waals surface area contributed by atoms with Gasteiger partial charge in [-0.15, -0.1) is 0 Å². The van der Waals surface area contributed by atoms with E-state index in [0.717, 1.165) is 32.4 Å². The molecule has 1 saturated heterocycles. The largest absolute Gasteiger partial charge is 0.483 e. The quantitative estimate of drug-likeness (QED) is 0.917. The normalized spacial score (nSPS) is 13.9. The number of piperidine rings is 1. The number of benzene rings is 1. The Hall–Kier alpha value is -3.07. The summed E-state index contributed by atoms with van der Waals surface area (Å²) in [4.78, 5) is 28.9. The maximum atomic E-state index is 12.3. The number of carbonyl (C=O) groups is 1. The van der Waals surface area contributed by atoms with Gasteiger partial charge in [0.2, 0.25) is 0 Å². The zero-order valence-corrected chi connectivity index (χ0v) is 14.7. The van der Waals surface area contributed by atoms with Crippen molar-refractivity contribution in [3.8, 4) is 22.9 Å². The van der Waals surface area contributed by atoms with Crippen LogP contribution in [0.3, 0.4) is 0 Å². The van der Waals surface area contributed by atoms with E-state index in [2.05, 4.69) is 4.98 Å². The Labute approximate surface area is 152 Å². The third-order valence-corrected chi connectivity index (χ3v) is 4.52. The molecule has 6 nitrogen and oxygen atoms in total. The van der Waals surface area contributed by atoms with Gasteiger partial charge in [0.25, 0.3) is 11.5 Å². The molecule has 2 aromatic rings. The van der Waals surface area contributed by atoms with Crippen LogP contribution in [0.2, 0.25) is 0 Å². The number of aromatic amines is 1. The van der Waals surface area contributed by atoms with Crippen molar-refractivity contribution >= 4 is 5.91 Å². The average Bonchev–Trinajstić information content (AvgIpc) is 2.66. The van der Waals surface area contributed by atoms with Crippen LogP contribution in [-0.4, -0.2) is 35.5 Å². The first-order valence-corrected chi connectivity index (χ1v) is 8.74. The number of aryl methyl sites for hydroxylation is 1. The summed E-state index contributed by atoms with van der Waals surface area (Å²) in [5.74, 6) is 0.446. The molecular formula is C20H21N3O3. The lowest BCUT2D eigenvalue weighted by Gasteiger charge is -2.26. The second-order valence-corrected chi connectivity index (χ2v) is 6.41. The molecule has 0 unspecified atom stereocenters. The smallest absolute Gasteiger partial charge is 0.266 e. The number of aromatic nitrogens is 1. The molecule has 134 valence electrons. The van der Waals surface area contributed by atoms with Crippen molar-refractivity contribution < 1.29 is 9.53 Å². The number of likely N-dealkylation sites (tertiary alicyclic amines) is 1. The number of carbonyl (C=O) groups excluding carboxylic acids is 1. The van der Waals surface area contributed by atoms with Crippen molar-refractivity contribution in [2.24, 2.45) is 0 Å². The summed E-state index contributed by atoms with van der Waals surface area (Å²) >= 11 is 0. The lowest BCUT2D eigenvalue weighted by atomic mass is 10.00. The maximum absolute atomic E-state index is 12.3. The van der Waals surface area contributed by atoms with E-state index in [1.54, 1.807) is 31.2 Å². The molecule has 0 spiro atoms. The number of nitrogens with zero attached hydrogens (tertiary/aromatic N) is 2. The topological polar surface area (TPSA) is 86.2 Å². The van der Waals surface area contributed by atoms with Crippen LogP contribution in [0, 0.1) is 18.3 Å². The number of rotatable bonds is 4. The van der Waals surface area contributed by atoms with Gasteiger partial charge in [-0.3, -0.25) is 9.59 Å². The molecule has 1 aromatic carbocycles. The molecule has 26 heavy (non-hydrogen) atoms. The molecule has 0 saturated carbocycles. The van der Waals surface area contributed by atoms with Gasteiger partial charge in [0.1, 0.15) is 17.4 Å². The first-order valence-electron chi connectivity index (χ1n) is 8.74. The van der Waals surface area contributed by atoms with Crippen molar-refractivity contribution in [2.75, 3.05) is 19.7 Å². The van der Waals surface area contributed by atoms with Crippen LogP contribution in [0.4, 0.5) is 0 Å². The summed E-state index contributed by atoms with van der Waals surface area (Å²) in [6.45, 7) is 3.25. The van der Waals surface area contributed by atoms with Crippen LogP contribution in [0.15, 0.2) is 35.1 Å². The molecule has 0 bridgehead atoms. The third kappa shape index (κ3) is 3.77. The van der Waals surface area contributed by atoms with Gasteiger partial charge < -0.3 is 14.6 Å². The fraction of sp³-hybridized carbons (Fsp3) is 0.350. The zero-order chi connectivity index (χ0) is 18.5. The minimum absolute atomic E-state index is 0.0361. The van der Waals surface area contributed by atoms with E-state index in [0.29, 0.717) is 22.6 Å². The predicted octanol–water partition coefficient (Wildman–Crippen LogP) is 2.61. The molecule has 0 aliphatic carbocycles. The lowest BCUT2D eigenvalue weighted by molar-refractivity contribution is -0.134. The van der Waals surface area contributed by atoms with E-state index in [9.17, 15) is 14.9 Å². The van der Waals surface area contributed by atoms with Crippen LogP contribution >= 0.6 is 0 Å². The molecule has 0 atom stereocenters. The van der Waals surface area contributed by atoms with Crippen LogP contribution in [0.1, 0.15) is 30.5 Å². The summed E-state index contributed by atoms with van der Waals surface area (Å²) in [5.41, 5.74) is 1.40. The van der Waals surface area contributed by atoms with E-state index >= 15 is 0 Å². The Balaban J connectivity index is 1.87. The molecule has 6 heteroatoms. The highest BCUT2D eigenvalue weighted by Crippen LogP contribution is 2.31. The molecule has 1 N–H and O–H groups in total. The van der Waals surface area contributed by atoms with Crippen LogP contribution in [0.5, 0.6) is 5.75 Å². The monoisotopic (exact) mass is 351 g/mol. The van der Waals surface area contributed by atoms with Gasteiger partial charge >= 0.3 is 0 Å². The average molecular weight is 351 g/mol. The summed E-state index contributed by atoms with van der Waals surface area (Å²) in [5, 5.41) is 9.36. The lowest BCUT2D eigenvalue weighted by Crippen LogP contribution is -2.38. The Morgan fingerprint density at radius 2 is 1.96 bits per heavy atom. The Bertz CT molecular complexity index is 905. The number of ether oxygens (including phenoxy) is 1. The summed E-state index contributed by atoms with van der Waals surface area (Å²) < 4.78 is 5.77. The SMILES string of the molecule is Cc1cc(-c2ccccc2OCC(=O)N2CCCCC2)c(C#N)c(=O)[nH]1. The first kappa shape index (κ1) is 17.7. The molecule has 1 amide bonds. The summed E-state index contributed by atoms with van der Waals surface area (Å²) in [6, 6.07) is 10.9. The fourth-order valence-electron chi connectivity index (χ4n) is 3.20. The second kappa shape index (κ2) is 7.87. The highest BCUT2D eigenvalue weighted by atomic mass is 16.5. The zero-order valence-electron chi connectivity index (χ0n) is 14.7. The molecular weight excluding hydrogens is 330 g/mol. The Morgan fingerprint density at radius 3 is 2.69 bits per heavy atom. The van der Waals surface area contributed by atoms with Gasteiger partial charge in [0, 0.05) is 29.9 Å². The highest BCUT2D eigenvalue weighted by molar-refractivity contribution is 5.79. The second-order valence-electron chi connectivity index (χ2n) is 6.41. The third-order valence-electron chi connectivity index (χ3n) is 4.52. The Morgan fingerprint density at radius 1 is 1.23 bits per heavy atom. The summed E-state index contributed by atoms with van der Waals surface area (Å²) in [7, 11) is 0. The van der Waals surface area contributed by atoms with Crippen molar-refractivity contribution in [1.82, 2.24) is 9.88 Å². The van der Waals surface area contributed by atoms with E-state index in [1.807, 2.05) is 17.0 Å². The van der Waals surface area contributed by atoms with Gasteiger partial charge in [0.15, 0.2) is 6.61 Å². The van der Waals surface area contributed by atoms with E-state index in [1.165, 1.54) is 0 Å². The number of H-pyrrole nitrogens is 1. The molecule has 1 aliphatic rings. The van der Waals surface area contributed by atoms with Crippen molar-refractivity contribution in [2.45, 2.75) is 26.2 Å². The maximum Gasteiger partial charge on any atom is 0.266 e. The van der Waals surface area contributed by atoms with Gasteiger partial charge in [0.05, 0.1) is 0 Å². The van der Waals surface area contributed by atoms with Crippen LogP contribution in [-0.2, 0) is 4.79 Å². The predicted molar refractivity (Wildman–Crippen MR) is 97.9 cm³/mol. The minimum atomic E-state index is -0.429. The molecule has 2 heterocycles. The number of nitrogens with one attached hydrogen (secondary N) is 1. The fourth-order valence-corrected chi connectivity index (χ4v) is 3.20. The van der Waals surface area contributed by atoms with E-state index < -0.39 is 5.56 Å². The van der Waals surface area contributed by atoms with Crippen molar-refractivity contribution in [3.05, 3.63) is 51.9 Å². The van der Waals surface area contributed by atoms with Gasteiger partial charge in [-0.2, -0.15) is 5.26 Å². The summed E-state index contributed by atoms with van der Waals surface area (Å²) in [6.07, 6.45) is 3.21. The number of nitriles is 1. The van der Waals surface area contributed by atoms with Crippen LogP contribution in [0.25, 0.3) is 11.1 Å². The number of pyridine rings is 1. The standard InChI is InChI=1S/C20H21N3O3/c1-14-11-16(17(12-21)20(25)22-14)15-7-3-4-8-18(15)26-13-19(24)23-9-5-2-6-10-23/h3-4,7-8,11H,2,5-6,9-10,13H2,1H3,(H,22,25). The molecule has 1 aromatic heterocycles. The molecule has 1 fully saturated rings. The van der Waals surface area contributed by atoms with E-state index in [4.69, 9.17) is 4.74 Å². The van der Waals surface area contributed by atoms with Gasteiger partial charge in [-0.25, -0.2) is 0 Å². The van der Waals surface area contributed by atoms with E-state index in [-0.39, 0.29) is 18.1 Å². The van der Waals surface area contributed by atoms with Gasteiger partial charge in [-0.1, -0.05) is 18.2 Å². The minimum Gasteiger partial charge on any atom is -0.483 e. The highest BCUT2D eigenvalue weighted by Gasteiger charge is 2.19. The number of para-hydroxylation sites is 1. The molecule has 1 aliphatic heterocycles. The number of hydrogen-bond acceptors (Lipinski definition) is 4. The molecule has 0 radical (unpaired) electrons. The first-order chi connectivity index (χ1) is 12.6. The van der Waals surface area contributed by atoms with Crippen molar-refractivity contribution in [1.29, 1.82) is 5.26 Å². The van der Waals surface area contributed by atoms with Crippen LogP contribution < -0.4 is 10.3 Å².